The van der Waals surface area contributed by atoms with Crippen LogP contribution >= 0.6 is 22.9 Å². The Labute approximate surface area is 160 Å². The minimum absolute atomic E-state index is 0.217. The number of pyridine rings is 1. The second kappa shape index (κ2) is 8.69. The van der Waals surface area contributed by atoms with E-state index in [1.807, 2.05) is 36.6 Å². The van der Waals surface area contributed by atoms with E-state index in [2.05, 4.69) is 10.3 Å². The highest BCUT2D eigenvalue weighted by Gasteiger charge is 2.11. The zero-order valence-corrected chi connectivity index (χ0v) is 15.6. The summed E-state index contributed by atoms with van der Waals surface area (Å²) in [4.78, 5) is 16.9. The molecule has 0 atom stereocenters. The number of nitrogens with one attached hydrogen (secondary N) is 1. The lowest BCUT2D eigenvalue weighted by atomic mass is 10.3. The monoisotopic (exact) mass is 388 g/mol. The maximum Gasteiger partial charge on any atom is 0.266 e. The number of hydrogen-bond acceptors (Lipinski definition) is 5. The molecule has 0 aliphatic heterocycles. The fourth-order valence-electron chi connectivity index (χ4n) is 2.20. The molecular weight excluding hydrogens is 372 g/mol. The average Bonchev–Trinajstić information content (AvgIpc) is 3.12. The summed E-state index contributed by atoms with van der Waals surface area (Å²) in [6.07, 6.45) is 1.49. The number of carbonyl (C=O) groups excluding carboxylic acids is 1. The predicted molar refractivity (Wildman–Crippen MR) is 103 cm³/mol. The molecule has 2 heterocycles. The van der Waals surface area contributed by atoms with Crippen molar-refractivity contribution in [2.45, 2.75) is 13.5 Å². The van der Waals surface area contributed by atoms with Crippen molar-refractivity contribution in [2.24, 2.45) is 0 Å². The van der Waals surface area contributed by atoms with Gasteiger partial charge in [0.25, 0.3) is 5.91 Å². The van der Waals surface area contributed by atoms with Crippen LogP contribution in [0.3, 0.4) is 0 Å². The molecule has 0 aliphatic rings. The van der Waals surface area contributed by atoms with Crippen LogP contribution in [0.15, 0.2) is 54.0 Å². The number of halogens is 1. The molecule has 1 N–H and O–H groups in total. The number of thiophene rings is 1. The molecule has 0 unspecified atom stereocenters. The third-order valence-electron chi connectivity index (χ3n) is 3.39. The Bertz CT molecular complexity index is 881. The Hall–Kier alpha value is -2.57. The summed E-state index contributed by atoms with van der Waals surface area (Å²) in [7, 11) is 0. The van der Waals surface area contributed by atoms with Gasteiger partial charge in [-0.2, -0.15) is 0 Å². The number of para-hydroxylation sites is 2. The van der Waals surface area contributed by atoms with Crippen LogP contribution in [0.25, 0.3) is 0 Å². The normalized spacial score (nSPS) is 10.4. The number of amides is 1. The molecule has 134 valence electrons. The smallest absolute Gasteiger partial charge is 0.266 e. The van der Waals surface area contributed by atoms with E-state index < -0.39 is 0 Å². The fraction of sp³-hybridized carbons (Fsp3) is 0.158. The summed E-state index contributed by atoms with van der Waals surface area (Å²) in [5.74, 6) is 1.62. The molecule has 2 aromatic heterocycles. The SMILES string of the molecule is CCOc1ccccc1OCc1csc(C(=O)Nc2ccc(Cl)cn2)c1. The molecular formula is C19H17ClN2O3S. The van der Waals surface area contributed by atoms with Gasteiger partial charge in [-0.05, 0) is 42.6 Å². The van der Waals surface area contributed by atoms with Gasteiger partial charge in [0, 0.05) is 11.8 Å². The van der Waals surface area contributed by atoms with Gasteiger partial charge in [-0.1, -0.05) is 23.7 Å². The van der Waals surface area contributed by atoms with E-state index in [0.29, 0.717) is 40.4 Å². The molecule has 0 radical (unpaired) electrons. The van der Waals surface area contributed by atoms with Crippen LogP contribution in [0.5, 0.6) is 11.5 Å². The summed E-state index contributed by atoms with van der Waals surface area (Å²) in [5.41, 5.74) is 0.913. The predicted octanol–water partition coefficient (Wildman–Crippen LogP) is 5.03. The molecule has 3 aromatic rings. The Morgan fingerprint density at radius 2 is 1.96 bits per heavy atom. The Morgan fingerprint density at radius 3 is 2.65 bits per heavy atom. The van der Waals surface area contributed by atoms with E-state index in [9.17, 15) is 4.79 Å². The van der Waals surface area contributed by atoms with E-state index in [1.54, 1.807) is 18.2 Å². The lowest BCUT2D eigenvalue weighted by molar-refractivity contribution is 0.103. The molecule has 1 amide bonds. The van der Waals surface area contributed by atoms with Gasteiger partial charge in [-0.25, -0.2) is 4.98 Å². The number of nitrogens with zero attached hydrogens (tertiary/aromatic N) is 1. The van der Waals surface area contributed by atoms with Gasteiger partial charge in [0.15, 0.2) is 11.5 Å². The number of benzene rings is 1. The standard InChI is InChI=1S/C19H17ClN2O3S/c1-2-24-15-5-3-4-6-16(15)25-11-13-9-17(26-12-13)19(23)22-18-8-7-14(20)10-21-18/h3-10,12H,2,11H2,1H3,(H,21,22,23). The first-order valence-electron chi connectivity index (χ1n) is 8.00. The minimum Gasteiger partial charge on any atom is -0.490 e. The molecule has 5 nitrogen and oxygen atoms in total. The van der Waals surface area contributed by atoms with Gasteiger partial charge in [0.1, 0.15) is 12.4 Å². The first-order chi connectivity index (χ1) is 12.7. The van der Waals surface area contributed by atoms with Crippen LogP contribution in [-0.2, 0) is 6.61 Å². The molecule has 26 heavy (non-hydrogen) atoms. The highest BCUT2D eigenvalue weighted by Crippen LogP contribution is 2.28. The molecule has 0 fully saturated rings. The van der Waals surface area contributed by atoms with Crippen LogP contribution in [0.1, 0.15) is 22.2 Å². The second-order valence-electron chi connectivity index (χ2n) is 5.30. The van der Waals surface area contributed by atoms with Crippen molar-refractivity contribution in [2.75, 3.05) is 11.9 Å². The third-order valence-corrected chi connectivity index (χ3v) is 4.59. The minimum atomic E-state index is -0.217. The van der Waals surface area contributed by atoms with Gasteiger partial charge in [0.2, 0.25) is 0 Å². The number of carbonyl (C=O) groups is 1. The van der Waals surface area contributed by atoms with Crippen LogP contribution in [-0.4, -0.2) is 17.5 Å². The van der Waals surface area contributed by atoms with Crippen molar-refractivity contribution in [3.05, 3.63) is 69.5 Å². The molecule has 7 heteroatoms. The van der Waals surface area contributed by atoms with Crippen LogP contribution in [0.2, 0.25) is 5.02 Å². The van der Waals surface area contributed by atoms with Crippen molar-refractivity contribution < 1.29 is 14.3 Å². The van der Waals surface area contributed by atoms with Crippen molar-refractivity contribution in [1.29, 1.82) is 0 Å². The summed E-state index contributed by atoms with van der Waals surface area (Å²) in [5, 5.41) is 5.15. The lowest BCUT2D eigenvalue weighted by Crippen LogP contribution is -2.11. The van der Waals surface area contributed by atoms with Crippen LogP contribution in [0.4, 0.5) is 5.82 Å². The van der Waals surface area contributed by atoms with E-state index in [4.69, 9.17) is 21.1 Å². The van der Waals surface area contributed by atoms with Crippen molar-refractivity contribution in [3.8, 4) is 11.5 Å². The van der Waals surface area contributed by atoms with Gasteiger partial charge in [-0.15, -0.1) is 11.3 Å². The quantitative estimate of drug-likeness (QED) is 0.616. The van der Waals surface area contributed by atoms with Crippen molar-refractivity contribution >= 4 is 34.7 Å². The van der Waals surface area contributed by atoms with Gasteiger partial charge in [0.05, 0.1) is 16.5 Å². The largest absolute Gasteiger partial charge is 0.490 e. The molecule has 0 spiro atoms. The fourth-order valence-corrected chi connectivity index (χ4v) is 3.11. The maximum atomic E-state index is 12.3. The van der Waals surface area contributed by atoms with Gasteiger partial charge < -0.3 is 14.8 Å². The number of hydrogen-bond donors (Lipinski definition) is 1. The highest BCUT2D eigenvalue weighted by molar-refractivity contribution is 7.12. The third kappa shape index (κ3) is 4.74. The molecule has 0 saturated heterocycles. The zero-order valence-electron chi connectivity index (χ0n) is 14.1. The van der Waals surface area contributed by atoms with Crippen molar-refractivity contribution in [1.82, 2.24) is 4.98 Å². The Balaban J connectivity index is 1.61. The average molecular weight is 389 g/mol. The van der Waals surface area contributed by atoms with Gasteiger partial charge in [-0.3, -0.25) is 4.79 Å². The van der Waals surface area contributed by atoms with E-state index in [1.165, 1.54) is 17.5 Å². The van der Waals surface area contributed by atoms with E-state index >= 15 is 0 Å². The van der Waals surface area contributed by atoms with Crippen molar-refractivity contribution in [3.63, 3.8) is 0 Å². The topological polar surface area (TPSA) is 60.5 Å². The van der Waals surface area contributed by atoms with Crippen LogP contribution in [0, 0.1) is 0 Å². The zero-order chi connectivity index (χ0) is 18.4. The molecule has 0 saturated carbocycles. The number of ether oxygens (including phenoxy) is 2. The molecule has 3 rings (SSSR count). The first-order valence-corrected chi connectivity index (χ1v) is 9.26. The van der Waals surface area contributed by atoms with E-state index in [0.717, 1.165) is 5.56 Å². The number of anilines is 1. The van der Waals surface area contributed by atoms with Crippen LogP contribution < -0.4 is 14.8 Å². The Morgan fingerprint density at radius 1 is 1.19 bits per heavy atom. The highest BCUT2D eigenvalue weighted by atomic mass is 35.5. The Kier molecular flexibility index (Phi) is 6.09. The number of aromatic nitrogens is 1. The summed E-state index contributed by atoms with van der Waals surface area (Å²) in [6.45, 7) is 2.85. The first kappa shape index (κ1) is 18.2. The second-order valence-corrected chi connectivity index (χ2v) is 6.65. The summed E-state index contributed by atoms with van der Waals surface area (Å²) < 4.78 is 11.4. The van der Waals surface area contributed by atoms with E-state index in [-0.39, 0.29) is 5.91 Å². The van der Waals surface area contributed by atoms with Gasteiger partial charge >= 0.3 is 0 Å². The number of rotatable bonds is 7. The molecule has 0 bridgehead atoms. The molecule has 1 aromatic carbocycles. The summed E-state index contributed by atoms with van der Waals surface area (Å²) in [6, 6.07) is 12.6. The lowest BCUT2D eigenvalue weighted by Gasteiger charge is -2.10. The molecule has 0 aliphatic carbocycles. The maximum absolute atomic E-state index is 12.3. The summed E-state index contributed by atoms with van der Waals surface area (Å²) >= 11 is 7.14.